The van der Waals surface area contributed by atoms with Gasteiger partial charge in [-0.25, -0.2) is 4.79 Å². The smallest absolute Gasteiger partial charge is 0.321 e. The van der Waals surface area contributed by atoms with Crippen LogP contribution in [0, 0.1) is 0 Å². The summed E-state index contributed by atoms with van der Waals surface area (Å²) in [6.45, 7) is 2.78. The van der Waals surface area contributed by atoms with Crippen LogP contribution < -0.4 is 20.9 Å². The Balaban J connectivity index is 1.74. The molecule has 0 aliphatic carbocycles. The number of carbonyl (C=O) groups is 2. The molecule has 0 unspecified atom stereocenters. The van der Waals surface area contributed by atoms with E-state index in [1.807, 2.05) is 24.3 Å². The lowest BCUT2D eigenvalue weighted by atomic mass is 9.91. The number of nitrogens with one attached hydrogen (secondary N) is 3. The van der Waals surface area contributed by atoms with Gasteiger partial charge in [0.2, 0.25) is 0 Å². The van der Waals surface area contributed by atoms with Crippen molar-refractivity contribution in [2.75, 3.05) is 43.5 Å². The molecule has 23 heavy (non-hydrogen) atoms. The number of rotatable bonds is 4. The van der Waals surface area contributed by atoms with Crippen molar-refractivity contribution in [3.63, 3.8) is 0 Å². The Morgan fingerprint density at radius 2 is 2.09 bits per heavy atom. The minimum atomic E-state index is -0.785. The number of anilines is 2. The first-order valence-electron chi connectivity index (χ1n) is 7.87. The first kappa shape index (κ1) is 15.8. The van der Waals surface area contributed by atoms with Crippen LogP contribution in [0.5, 0.6) is 0 Å². The van der Waals surface area contributed by atoms with Crippen molar-refractivity contribution < 1.29 is 14.3 Å². The number of piperidine rings is 1. The fourth-order valence-electron chi connectivity index (χ4n) is 3.07. The van der Waals surface area contributed by atoms with Gasteiger partial charge in [-0.1, -0.05) is 6.07 Å². The van der Waals surface area contributed by atoms with Crippen LogP contribution in [-0.4, -0.2) is 50.8 Å². The average Bonchev–Trinajstić information content (AvgIpc) is 3.01. The zero-order valence-electron chi connectivity index (χ0n) is 13.2. The van der Waals surface area contributed by atoms with Gasteiger partial charge in [-0.3, -0.25) is 9.69 Å². The molecule has 2 saturated heterocycles. The predicted octanol–water partition coefficient (Wildman–Crippen LogP) is 0.923. The van der Waals surface area contributed by atoms with Crippen molar-refractivity contribution in [2.45, 2.75) is 18.4 Å². The van der Waals surface area contributed by atoms with E-state index in [9.17, 15) is 9.59 Å². The molecule has 2 fully saturated rings. The highest BCUT2D eigenvalue weighted by Crippen LogP contribution is 2.26. The summed E-state index contributed by atoms with van der Waals surface area (Å²) in [5.74, 6) is -0.135. The number of nitrogens with zero attached hydrogens (tertiary/aromatic N) is 1. The third-order valence-corrected chi connectivity index (χ3v) is 4.49. The Labute approximate surface area is 135 Å². The Kier molecular flexibility index (Phi) is 4.49. The van der Waals surface area contributed by atoms with Crippen LogP contribution in [0.15, 0.2) is 24.3 Å². The number of amides is 3. The number of benzene rings is 1. The Bertz CT molecular complexity index is 599. The van der Waals surface area contributed by atoms with Crippen LogP contribution >= 0.6 is 0 Å². The van der Waals surface area contributed by atoms with Gasteiger partial charge < -0.3 is 20.7 Å². The first-order chi connectivity index (χ1) is 11.1. The van der Waals surface area contributed by atoms with Gasteiger partial charge >= 0.3 is 6.03 Å². The molecule has 7 heteroatoms. The summed E-state index contributed by atoms with van der Waals surface area (Å²) in [5, 5.41) is 8.93. The van der Waals surface area contributed by atoms with E-state index in [4.69, 9.17) is 4.74 Å². The molecule has 7 nitrogen and oxygen atoms in total. The molecule has 0 spiro atoms. The van der Waals surface area contributed by atoms with Crippen molar-refractivity contribution in [1.82, 2.24) is 10.6 Å². The van der Waals surface area contributed by atoms with Gasteiger partial charge in [0.25, 0.3) is 5.91 Å². The second-order valence-electron chi connectivity index (χ2n) is 5.84. The standard InChI is InChI=1S/C16H22N4O3/c1-23-16(5-7-17-8-6-16)14(21)19-12-3-2-4-13(11-12)20-10-9-18-15(20)22/h2-4,11,17H,5-10H2,1H3,(H,18,22)(H,19,21). The lowest BCUT2D eigenvalue weighted by molar-refractivity contribution is -0.140. The molecule has 124 valence electrons. The number of hydrogen-bond donors (Lipinski definition) is 3. The van der Waals surface area contributed by atoms with Gasteiger partial charge in [-0.05, 0) is 44.1 Å². The zero-order chi connectivity index (χ0) is 16.3. The maximum Gasteiger partial charge on any atom is 0.321 e. The Morgan fingerprint density at radius 1 is 1.30 bits per heavy atom. The maximum atomic E-state index is 12.7. The van der Waals surface area contributed by atoms with E-state index in [1.165, 1.54) is 0 Å². The fraction of sp³-hybridized carbons (Fsp3) is 0.500. The molecule has 2 aliphatic heterocycles. The van der Waals surface area contributed by atoms with E-state index in [0.717, 1.165) is 18.8 Å². The van der Waals surface area contributed by atoms with Crippen molar-refractivity contribution in [1.29, 1.82) is 0 Å². The molecule has 0 atom stereocenters. The number of hydrogen-bond acceptors (Lipinski definition) is 4. The fourth-order valence-corrected chi connectivity index (χ4v) is 3.07. The van der Waals surface area contributed by atoms with Crippen molar-refractivity contribution >= 4 is 23.3 Å². The second kappa shape index (κ2) is 6.55. The number of methoxy groups -OCH3 is 1. The Morgan fingerprint density at radius 3 is 2.74 bits per heavy atom. The summed E-state index contributed by atoms with van der Waals surface area (Å²) in [4.78, 5) is 26.1. The number of ether oxygens (including phenoxy) is 1. The first-order valence-corrected chi connectivity index (χ1v) is 7.87. The topological polar surface area (TPSA) is 82.7 Å². The van der Waals surface area contributed by atoms with Crippen LogP contribution in [0.4, 0.5) is 16.2 Å². The molecule has 3 rings (SSSR count). The summed E-state index contributed by atoms with van der Waals surface area (Å²) < 4.78 is 5.53. The van der Waals surface area contributed by atoms with Gasteiger partial charge in [0, 0.05) is 31.6 Å². The lowest BCUT2D eigenvalue weighted by Crippen LogP contribution is -2.51. The Hall–Kier alpha value is -2.12. The van der Waals surface area contributed by atoms with Crippen LogP contribution in [0.1, 0.15) is 12.8 Å². The second-order valence-corrected chi connectivity index (χ2v) is 5.84. The average molecular weight is 318 g/mol. The molecule has 0 bridgehead atoms. The van der Waals surface area contributed by atoms with Gasteiger partial charge in [0.15, 0.2) is 0 Å². The molecule has 0 radical (unpaired) electrons. The SMILES string of the molecule is COC1(C(=O)Nc2cccc(N3CCNC3=O)c2)CCNCC1. The van der Waals surface area contributed by atoms with E-state index in [1.54, 1.807) is 12.0 Å². The van der Waals surface area contributed by atoms with Crippen molar-refractivity contribution in [3.05, 3.63) is 24.3 Å². The maximum absolute atomic E-state index is 12.7. The largest absolute Gasteiger partial charge is 0.368 e. The molecule has 2 aliphatic rings. The number of urea groups is 1. The lowest BCUT2D eigenvalue weighted by Gasteiger charge is -2.34. The molecule has 2 heterocycles. The summed E-state index contributed by atoms with van der Waals surface area (Å²) in [6.07, 6.45) is 1.28. The molecule has 3 N–H and O–H groups in total. The zero-order valence-corrected chi connectivity index (χ0v) is 13.2. The molecule has 0 aromatic heterocycles. The van der Waals surface area contributed by atoms with Gasteiger partial charge in [0.1, 0.15) is 5.60 Å². The summed E-state index contributed by atoms with van der Waals surface area (Å²) in [5.41, 5.74) is 0.656. The quantitative estimate of drug-likeness (QED) is 0.771. The summed E-state index contributed by atoms with van der Waals surface area (Å²) in [6, 6.07) is 7.21. The molecule has 0 saturated carbocycles. The molecule has 1 aromatic carbocycles. The van der Waals surface area contributed by atoms with E-state index >= 15 is 0 Å². The highest BCUT2D eigenvalue weighted by molar-refractivity contribution is 5.99. The third kappa shape index (κ3) is 3.16. The van der Waals surface area contributed by atoms with Gasteiger partial charge in [-0.15, -0.1) is 0 Å². The number of carbonyl (C=O) groups excluding carboxylic acids is 2. The highest BCUT2D eigenvalue weighted by atomic mass is 16.5. The third-order valence-electron chi connectivity index (χ3n) is 4.49. The van der Waals surface area contributed by atoms with Crippen LogP contribution in [0.25, 0.3) is 0 Å². The van der Waals surface area contributed by atoms with Crippen LogP contribution in [-0.2, 0) is 9.53 Å². The predicted molar refractivity (Wildman–Crippen MR) is 87.7 cm³/mol. The molecular formula is C16H22N4O3. The van der Waals surface area contributed by atoms with E-state index < -0.39 is 5.60 Å². The minimum absolute atomic E-state index is 0.111. The van der Waals surface area contributed by atoms with E-state index in [0.29, 0.717) is 31.6 Å². The van der Waals surface area contributed by atoms with Crippen molar-refractivity contribution in [2.24, 2.45) is 0 Å². The van der Waals surface area contributed by atoms with E-state index in [2.05, 4.69) is 16.0 Å². The molecule has 1 aromatic rings. The summed E-state index contributed by atoms with van der Waals surface area (Å²) in [7, 11) is 1.58. The van der Waals surface area contributed by atoms with E-state index in [-0.39, 0.29) is 11.9 Å². The monoisotopic (exact) mass is 318 g/mol. The summed E-state index contributed by atoms with van der Waals surface area (Å²) >= 11 is 0. The highest BCUT2D eigenvalue weighted by Gasteiger charge is 2.39. The van der Waals surface area contributed by atoms with Crippen LogP contribution in [0.3, 0.4) is 0 Å². The molecule has 3 amide bonds. The van der Waals surface area contributed by atoms with Gasteiger partial charge in [-0.2, -0.15) is 0 Å². The minimum Gasteiger partial charge on any atom is -0.368 e. The molecular weight excluding hydrogens is 296 g/mol. The normalized spacial score (nSPS) is 20.2. The van der Waals surface area contributed by atoms with Crippen LogP contribution in [0.2, 0.25) is 0 Å². The van der Waals surface area contributed by atoms with Gasteiger partial charge in [0.05, 0.1) is 0 Å². The van der Waals surface area contributed by atoms with Crippen molar-refractivity contribution in [3.8, 4) is 0 Å².